The third-order valence-electron chi connectivity index (χ3n) is 5.53. The fourth-order valence-corrected chi connectivity index (χ4v) is 4.00. The molecule has 0 saturated carbocycles. The third-order valence-corrected chi connectivity index (χ3v) is 5.53. The summed E-state index contributed by atoms with van der Waals surface area (Å²) in [6, 6.07) is 11.8. The maximum absolute atomic E-state index is 12.2. The molecule has 5 rings (SSSR count). The average molecular weight is 383 g/mol. The summed E-state index contributed by atoms with van der Waals surface area (Å²) >= 11 is 0. The van der Waals surface area contributed by atoms with E-state index >= 15 is 0 Å². The Morgan fingerprint density at radius 3 is 2.62 bits per heavy atom. The fraction of sp³-hybridized carbons (Fsp3) is 0.217. The van der Waals surface area contributed by atoms with Crippen LogP contribution in [-0.4, -0.2) is 20.7 Å². The number of nitrogens with one attached hydrogen (secondary N) is 1. The highest BCUT2D eigenvalue weighted by Crippen LogP contribution is 2.37. The summed E-state index contributed by atoms with van der Waals surface area (Å²) in [4.78, 5) is 25.6. The SMILES string of the molecule is CC1(c2cccnc2)C=C(c2ccc3c(n2)CCCC3=O)N(c2cccnc2)N1. The van der Waals surface area contributed by atoms with Crippen LogP contribution in [0.5, 0.6) is 0 Å². The van der Waals surface area contributed by atoms with Crippen molar-refractivity contribution in [1.29, 1.82) is 0 Å². The minimum absolute atomic E-state index is 0.188. The smallest absolute Gasteiger partial charge is 0.164 e. The van der Waals surface area contributed by atoms with Gasteiger partial charge in [-0.3, -0.25) is 24.8 Å². The Bertz CT molecular complexity index is 1100. The maximum Gasteiger partial charge on any atom is 0.164 e. The normalized spacial score (nSPS) is 21.1. The second-order valence-electron chi connectivity index (χ2n) is 7.60. The van der Waals surface area contributed by atoms with Crippen LogP contribution in [0.25, 0.3) is 5.70 Å². The van der Waals surface area contributed by atoms with E-state index in [1.165, 1.54) is 0 Å². The Morgan fingerprint density at radius 2 is 1.86 bits per heavy atom. The summed E-state index contributed by atoms with van der Waals surface area (Å²) in [5.74, 6) is 0.188. The predicted molar refractivity (Wildman–Crippen MR) is 111 cm³/mol. The molecule has 0 saturated heterocycles. The number of Topliss-reactive ketones (excluding diaryl/α,β-unsaturated/α-hetero) is 1. The highest BCUT2D eigenvalue weighted by Gasteiger charge is 2.37. The lowest BCUT2D eigenvalue weighted by Crippen LogP contribution is -2.43. The minimum Gasteiger partial charge on any atom is -0.294 e. The lowest BCUT2D eigenvalue weighted by Gasteiger charge is -2.29. The molecule has 0 fully saturated rings. The number of pyridine rings is 3. The number of carbonyl (C=O) groups is 1. The molecule has 6 heteroatoms. The molecule has 29 heavy (non-hydrogen) atoms. The summed E-state index contributed by atoms with van der Waals surface area (Å²) in [5.41, 5.74) is 8.53. The van der Waals surface area contributed by atoms with Crippen molar-refractivity contribution in [2.75, 3.05) is 5.01 Å². The van der Waals surface area contributed by atoms with Crippen LogP contribution < -0.4 is 10.4 Å². The highest BCUT2D eigenvalue weighted by atomic mass is 16.1. The van der Waals surface area contributed by atoms with E-state index in [0.29, 0.717) is 6.42 Å². The van der Waals surface area contributed by atoms with E-state index in [0.717, 1.165) is 46.7 Å². The number of hydrogen-bond acceptors (Lipinski definition) is 6. The van der Waals surface area contributed by atoms with E-state index in [4.69, 9.17) is 4.98 Å². The Labute approximate surface area is 169 Å². The van der Waals surface area contributed by atoms with Crippen LogP contribution in [0, 0.1) is 0 Å². The van der Waals surface area contributed by atoms with Gasteiger partial charge in [-0.05, 0) is 61.7 Å². The molecule has 1 aliphatic carbocycles. The first-order chi connectivity index (χ1) is 14.1. The number of anilines is 1. The summed E-state index contributed by atoms with van der Waals surface area (Å²) in [6.07, 6.45) is 11.7. The van der Waals surface area contributed by atoms with Crippen molar-refractivity contribution in [1.82, 2.24) is 20.4 Å². The second kappa shape index (κ2) is 6.90. The zero-order chi connectivity index (χ0) is 19.8. The van der Waals surface area contributed by atoms with Gasteiger partial charge in [0.1, 0.15) is 0 Å². The van der Waals surface area contributed by atoms with Crippen molar-refractivity contribution in [2.45, 2.75) is 31.7 Å². The molecule has 0 aromatic carbocycles. The Balaban J connectivity index is 1.62. The van der Waals surface area contributed by atoms with Gasteiger partial charge in [-0.1, -0.05) is 6.07 Å². The van der Waals surface area contributed by atoms with Gasteiger partial charge < -0.3 is 0 Å². The van der Waals surface area contributed by atoms with Gasteiger partial charge in [-0.15, -0.1) is 0 Å². The van der Waals surface area contributed by atoms with Gasteiger partial charge >= 0.3 is 0 Å². The highest BCUT2D eigenvalue weighted by molar-refractivity contribution is 5.98. The van der Waals surface area contributed by atoms with Crippen LogP contribution in [-0.2, 0) is 12.0 Å². The molecule has 0 radical (unpaired) electrons. The van der Waals surface area contributed by atoms with Crippen LogP contribution in [0.4, 0.5) is 5.69 Å². The molecule has 3 aromatic heterocycles. The molecule has 1 N–H and O–H groups in total. The largest absolute Gasteiger partial charge is 0.294 e. The molecule has 6 nitrogen and oxygen atoms in total. The van der Waals surface area contributed by atoms with Crippen molar-refractivity contribution < 1.29 is 4.79 Å². The second-order valence-corrected chi connectivity index (χ2v) is 7.60. The van der Waals surface area contributed by atoms with Crippen molar-refractivity contribution in [2.24, 2.45) is 0 Å². The lowest BCUT2D eigenvalue weighted by molar-refractivity contribution is 0.0971. The molecule has 2 aliphatic rings. The first-order valence-corrected chi connectivity index (χ1v) is 9.79. The van der Waals surface area contributed by atoms with Gasteiger partial charge in [0.25, 0.3) is 0 Å². The van der Waals surface area contributed by atoms with Gasteiger partial charge in [0.15, 0.2) is 5.78 Å². The van der Waals surface area contributed by atoms with Crippen molar-refractivity contribution in [3.05, 3.63) is 89.8 Å². The summed E-state index contributed by atoms with van der Waals surface area (Å²) in [7, 11) is 0. The Kier molecular flexibility index (Phi) is 4.21. The predicted octanol–water partition coefficient (Wildman–Crippen LogP) is 3.67. The lowest BCUT2D eigenvalue weighted by atomic mass is 9.93. The average Bonchev–Trinajstić information content (AvgIpc) is 3.14. The van der Waals surface area contributed by atoms with Crippen molar-refractivity contribution >= 4 is 17.2 Å². The van der Waals surface area contributed by atoms with Crippen LogP contribution >= 0.6 is 0 Å². The molecule has 3 aromatic rings. The summed E-state index contributed by atoms with van der Waals surface area (Å²) < 4.78 is 0. The summed E-state index contributed by atoms with van der Waals surface area (Å²) in [5, 5.41) is 2.01. The van der Waals surface area contributed by atoms with E-state index in [2.05, 4.69) is 34.5 Å². The van der Waals surface area contributed by atoms with E-state index in [9.17, 15) is 4.79 Å². The molecule has 4 heterocycles. The Hall–Kier alpha value is -3.38. The van der Waals surface area contributed by atoms with Crippen LogP contribution in [0.2, 0.25) is 0 Å². The van der Waals surface area contributed by atoms with Crippen LogP contribution in [0.1, 0.15) is 47.1 Å². The summed E-state index contributed by atoms with van der Waals surface area (Å²) in [6.45, 7) is 2.11. The van der Waals surface area contributed by atoms with Gasteiger partial charge in [-0.2, -0.15) is 0 Å². The minimum atomic E-state index is -0.452. The number of hydrogen-bond donors (Lipinski definition) is 1. The molecule has 144 valence electrons. The number of fused-ring (bicyclic) bond motifs is 1. The quantitative estimate of drug-likeness (QED) is 0.744. The van der Waals surface area contributed by atoms with E-state index in [1.54, 1.807) is 12.4 Å². The molecule has 1 unspecified atom stereocenters. The maximum atomic E-state index is 12.2. The number of aromatic nitrogens is 3. The van der Waals surface area contributed by atoms with Crippen LogP contribution in [0.15, 0.2) is 67.3 Å². The zero-order valence-corrected chi connectivity index (χ0v) is 16.2. The number of carbonyl (C=O) groups excluding carboxylic acids is 1. The van der Waals surface area contributed by atoms with Crippen molar-refractivity contribution in [3.8, 4) is 0 Å². The zero-order valence-electron chi connectivity index (χ0n) is 16.2. The van der Waals surface area contributed by atoms with Crippen LogP contribution in [0.3, 0.4) is 0 Å². The monoisotopic (exact) mass is 383 g/mol. The number of ketones is 1. The first kappa shape index (κ1) is 17.7. The first-order valence-electron chi connectivity index (χ1n) is 9.79. The standard InChI is InChI=1S/C23H21N5O/c1-23(16-5-3-11-24-14-16)13-21(28(27-23)17-6-4-12-25-15-17)20-10-9-18-19(26-20)7-2-8-22(18)29/h3-6,9-15,27H,2,7-8H2,1H3. The molecule has 0 spiro atoms. The topological polar surface area (TPSA) is 71.0 Å². The van der Waals surface area contributed by atoms with E-state index in [1.807, 2.05) is 47.7 Å². The number of hydrazine groups is 1. The number of nitrogens with zero attached hydrogens (tertiary/aromatic N) is 4. The molecule has 0 amide bonds. The van der Waals surface area contributed by atoms with Gasteiger partial charge in [-0.25, -0.2) is 5.43 Å². The number of aryl methyl sites for hydroxylation is 1. The molecule has 1 atom stereocenters. The van der Waals surface area contributed by atoms with E-state index < -0.39 is 5.54 Å². The van der Waals surface area contributed by atoms with Gasteiger partial charge in [0, 0.05) is 30.6 Å². The Morgan fingerprint density at radius 1 is 1.03 bits per heavy atom. The molecular weight excluding hydrogens is 362 g/mol. The third kappa shape index (κ3) is 3.11. The van der Waals surface area contributed by atoms with E-state index in [-0.39, 0.29) is 5.78 Å². The van der Waals surface area contributed by atoms with Gasteiger partial charge in [0.2, 0.25) is 0 Å². The molecular formula is C23H21N5O. The molecule has 1 aliphatic heterocycles. The number of rotatable bonds is 3. The van der Waals surface area contributed by atoms with Crippen molar-refractivity contribution in [3.63, 3.8) is 0 Å². The molecule has 0 bridgehead atoms. The fourth-order valence-electron chi connectivity index (χ4n) is 4.00. The van der Waals surface area contributed by atoms with Gasteiger partial charge in [0.05, 0.1) is 34.5 Å².